The van der Waals surface area contributed by atoms with E-state index in [0.29, 0.717) is 12.8 Å². The lowest BCUT2D eigenvalue weighted by molar-refractivity contribution is -0.146. The maximum atomic E-state index is 12.3. The monoisotopic (exact) mass is 678 g/mol. The topological polar surface area (TPSA) is 26.3 Å². The number of alkyl halides is 2. The van der Waals surface area contributed by atoms with Gasteiger partial charge in [0, 0.05) is 18.8 Å². The van der Waals surface area contributed by atoms with Gasteiger partial charge in [-0.1, -0.05) is 83.2 Å². The van der Waals surface area contributed by atoms with Crippen LogP contribution in [0.2, 0.25) is 0 Å². The molecule has 0 bridgehead atoms. The molecule has 9 unspecified atom stereocenters. The van der Waals surface area contributed by atoms with Crippen LogP contribution in [0, 0.1) is 35.5 Å². The van der Waals surface area contributed by atoms with Gasteiger partial charge in [0.05, 0.1) is 0 Å². The molecular formula is C29H44I2O2. The summed E-state index contributed by atoms with van der Waals surface area (Å²) in [5, 5.41) is 0. The Labute approximate surface area is 229 Å². The van der Waals surface area contributed by atoms with Gasteiger partial charge >= 0.3 is 5.97 Å². The minimum atomic E-state index is -0.0821. The molecule has 0 aromatic rings. The largest absolute Gasteiger partial charge is 0.459 e. The van der Waals surface area contributed by atoms with Gasteiger partial charge in [0.25, 0.3) is 0 Å². The minimum Gasteiger partial charge on any atom is -0.459 e. The van der Waals surface area contributed by atoms with Gasteiger partial charge in [0.1, 0.15) is 6.10 Å². The highest BCUT2D eigenvalue weighted by Crippen LogP contribution is 2.63. The predicted molar refractivity (Wildman–Crippen MR) is 155 cm³/mol. The Hall–Kier alpha value is 0.410. The predicted octanol–water partition coefficient (Wildman–Crippen LogP) is 8.85. The first-order valence-electron chi connectivity index (χ1n) is 13.3. The van der Waals surface area contributed by atoms with E-state index >= 15 is 0 Å². The maximum Gasteiger partial charge on any atom is 0.333 e. The van der Waals surface area contributed by atoms with Crippen molar-refractivity contribution >= 4 is 51.2 Å². The van der Waals surface area contributed by atoms with Crippen molar-refractivity contribution in [2.75, 3.05) is 0 Å². The molecule has 4 heteroatoms. The van der Waals surface area contributed by atoms with Crippen molar-refractivity contribution in [3.05, 3.63) is 22.8 Å². The molecule has 2 fully saturated rings. The molecule has 0 radical (unpaired) electrons. The lowest BCUT2D eigenvalue weighted by Gasteiger charge is -2.53. The maximum absolute atomic E-state index is 12.3. The van der Waals surface area contributed by atoms with Crippen molar-refractivity contribution in [3.8, 4) is 0 Å². The summed E-state index contributed by atoms with van der Waals surface area (Å²) >= 11 is 5.76. The quantitative estimate of drug-likeness (QED) is 0.126. The summed E-state index contributed by atoms with van der Waals surface area (Å²) < 4.78 is 6.62. The third kappa shape index (κ3) is 5.13. The van der Waals surface area contributed by atoms with E-state index in [0.717, 1.165) is 48.0 Å². The number of rotatable bonds is 2. The molecule has 0 saturated heterocycles. The smallest absolute Gasteiger partial charge is 0.333 e. The Morgan fingerprint density at radius 3 is 2.48 bits per heavy atom. The van der Waals surface area contributed by atoms with Crippen LogP contribution in [0.25, 0.3) is 0 Å². The molecule has 0 aromatic carbocycles. The first kappa shape index (κ1) is 26.5. The van der Waals surface area contributed by atoms with E-state index in [1.807, 2.05) is 6.92 Å². The van der Waals surface area contributed by atoms with Crippen LogP contribution in [-0.4, -0.2) is 18.9 Å². The standard InChI is InChI=1S/C29H44I2O2/c1-17-7-9-24-25(28(6,30)20(4)14-18(2)13-17)11-12-29(31)22(8-10-26(24)29)16-23-15-19(3)21(5)27(32)33-23/h7,18,20,22-26H,8-16H2,1-6H3/b17-7+. The van der Waals surface area contributed by atoms with Crippen molar-refractivity contribution in [1.29, 1.82) is 0 Å². The van der Waals surface area contributed by atoms with E-state index < -0.39 is 0 Å². The van der Waals surface area contributed by atoms with Crippen molar-refractivity contribution < 1.29 is 9.53 Å². The normalized spacial score (nSPS) is 48.4. The Morgan fingerprint density at radius 1 is 1.06 bits per heavy atom. The molecule has 4 aliphatic rings. The molecule has 9 atom stereocenters. The Morgan fingerprint density at radius 2 is 1.79 bits per heavy atom. The van der Waals surface area contributed by atoms with Gasteiger partial charge in [-0.15, -0.1) is 0 Å². The summed E-state index contributed by atoms with van der Waals surface area (Å²) in [6, 6.07) is 0. The number of carbonyl (C=O) groups excluding carboxylic acids is 1. The number of allylic oxidation sites excluding steroid dienone is 2. The molecule has 4 rings (SSSR count). The molecule has 2 saturated carbocycles. The Balaban J connectivity index is 1.57. The highest BCUT2D eigenvalue weighted by molar-refractivity contribution is 14.1. The van der Waals surface area contributed by atoms with Crippen LogP contribution < -0.4 is 0 Å². The van der Waals surface area contributed by atoms with Crippen LogP contribution in [-0.2, 0) is 9.53 Å². The number of hydrogen-bond acceptors (Lipinski definition) is 2. The number of cyclic esters (lactones) is 1. The van der Waals surface area contributed by atoms with Crippen LogP contribution in [0.4, 0.5) is 0 Å². The van der Waals surface area contributed by atoms with Crippen LogP contribution in [0.5, 0.6) is 0 Å². The van der Waals surface area contributed by atoms with Crippen molar-refractivity contribution in [2.24, 2.45) is 35.5 Å². The van der Waals surface area contributed by atoms with Crippen LogP contribution in [0.1, 0.15) is 99.3 Å². The van der Waals surface area contributed by atoms with E-state index in [-0.39, 0.29) is 12.1 Å². The third-order valence-corrected chi connectivity index (χ3v) is 14.2. The van der Waals surface area contributed by atoms with E-state index in [4.69, 9.17) is 4.74 Å². The number of fused-ring (bicyclic) bond motifs is 3. The number of esters is 1. The zero-order valence-corrected chi connectivity index (χ0v) is 25.9. The molecule has 1 heterocycles. The van der Waals surface area contributed by atoms with E-state index in [1.54, 1.807) is 5.57 Å². The highest BCUT2D eigenvalue weighted by atomic mass is 127. The summed E-state index contributed by atoms with van der Waals surface area (Å²) in [4.78, 5) is 12.3. The summed E-state index contributed by atoms with van der Waals surface area (Å²) in [5.74, 6) is 4.50. The molecule has 0 aromatic heterocycles. The second kappa shape index (κ2) is 10.0. The lowest BCUT2D eigenvalue weighted by atomic mass is 9.59. The van der Waals surface area contributed by atoms with Gasteiger partial charge in [-0.3, -0.25) is 0 Å². The molecule has 2 nitrogen and oxygen atoms in total. The molecule has 0 spiro atoms. The zero-order chi connectivity index (χ0) is 24.1. The van der Waals surface area contributed by atoms with Crippen molar-refractivity contribution in [2.45, 2.75) is 112 Å². The van der Waals surface area contributed by atoms with Crippen LogP contribution in [0.3, 0.4) is 0 Å². The van der Waals surface area contributed by atoms with E-state index in [1.165, 1.54) is 50.5 Å². The lowest BCUT2D eigenvalue weighted by Crippen LogP contribution is -2.51. The first-order chi connectivity index (χ1) is 15.4. The number of halogens is 2. The third-order valence-electron chi connectivity index (χ3n) is 10.1. The molecule has 3 aliphatic carbocycles. The summed E-state index contributed by atoms with van der Waals surface area (Å²) in [6.07, 6.45) is 13.9. The van der Waals surface area contributed by atoms with Gasteiger partial charge in [-0.05, 0) is 108 Å². The van der Waals surface area contributed by atoms with Crippen LogP contribution in [0.15, 0.2) is 22.8 Å². The molecule has 0 amide bonds. The van der Waals surface area contributed by atoms with Crippen molar-refractivity contribution in [1.82, 2.24) is 0 Å². The fraction of sp³-hybridized carbons (Fsp3) is 0.828. The highest BCUT2D eigenvalue weighted by Gasteiger charge is 2.58. The van der Waals surface area contributed by atoms with E-state index in [2.05, 4.69) is 85.9 Å². The summed E-state index contributed by atoms with van der Waals surface area (Å²) in [5.41, 5.74) is 3.67. The first-order valence-corrected chi connectivity index (χ1v) is 15.5. The fourth-order valence-corrected chi connectivity index (χ4v) is 10.7. The van der Waals surface area contributed by atoms with Crippen molar-refractivity contribution in [3.63, 3.8) is 0 Å². The van der Waals surface area contributed by atoms with Crippen LogP contribution >= 0.6 is 45.2 Å². The zero-order valence-electron chi connectivity index (χ0n) is 21.6. The van der Waals surface area contributed by atoms with Gasteiger partial charge in [0.2, 0.25) is 0 Å². The average molecular weight is 678 g/mol. The number of ether oxygens (including phenoxy) is 1. The SMILES string of the molecule is CC1=C(C)C(=O)OC(CC2CCC3C4C/C=C(\C)CC(C)CC(C)C(C)(I)C4CCC23I)C1. The average Bonchev–Trinajstić information content (AvgIpc) is 3.05. The summed E-state index contributed by atoms with van der Waals surface area (Å²) in [7, 11) is 0. The Bertz CT molecular complexity index is 827. The van der Waals surface area contributed by atoms with Gasteiger partial charge in [-0.2, -0.15) is 0 Å². The van der Waals surface area contributed by atoms with Gasteiger partial charge in [-0.25, -0.2) is 4.79 Å². The van der Waals surface area contributed by atoms with Gasteiger partial charge in [0.15, 0.2) is 0 Å². The minimum absolute atomic E-state index is 0.0804. The molecular weight excluding hydrogens is 634 g/mol. The molecule has 186 valence electrons. The van der Waals surface area contributed by atoms with E-state index in [9.17, 15) is 4.79 Å². The second-order valence-corrected chi connectivity index (χ2v) is 16.7. The van der Waals surface area contributed by atoms with Gasteiger partial charge < -0.3 is 4.74 Å². The number of hydrogen-bond donors (Lipinski definition) is 0. The number of carbonyl (C=O) groups is 1. The fourth-order valence-electron chi connectivity index (χ4n) is 7.99. The summed E-state index contributed by atoms with van der Waals surface area (Å²) in [6.45, 7) is 14.0. The Kier molecular flexibility index (Phi) is 8.06. The molecule has 0 N–H and O–H groups in total. The molecule has 33 heavy (non-hydrogen) atoms. The molecule has 1 aliphatic heterocycles. The second-order valence-electron chi connectivity index (χ2n) is 12.4.